The first-order chi connectivity index (χ1) is 10.2. The first-order valence-corrected chi connectivity index (χ1v) is 6.05. The Kier molecular flexibility index (Phi) is 5.48. The standard InChI is InChI=1S/C13H13F4NO4/c1-3-22-11(20)12(21-2,13(15,16)17)18-10(19)8-4-6-9(14)7-5-8/h4-7H,3H2,1-2H3,(H,18,19)/t12-/m0/s1. The van der Waals surface area contributed by atoms with Crippen molar-refractivity contribution < 1.29 is 36.6 Å². The highest BCUT2D eigenvalue weighted by Crippen LogP contribution is 2.32. The molecule has 0 aliphatic carbocycles. The van der Waals surface area contributed by atoms with Gasteiger partial charge in [0, 0.05) is 12.7 Å². The van der Waals surface area contributed by atoms with E-state index in [4.69, 9.17) is 0 Å². The number of ether oxygens (including phenoxy) is 2. The number of benzene rings is 1. The summed E-state index contributed by atoms with van der Waals surface area (Å²) in [6, 6.07) is 3.71. The van der Waals surface area contributed by atoms with Crippen LogP contribution < -0.4 is 5.32 Å². The molecule has 1 aromatic carbocycles. The number of carbonyl (C=O) groups excluding carboxylic acids is 2. The summed E-state index contributed by atoms with van der Waals surface area (Å²) in [6.45, 7) is 0.961. The third kappa shape index (κ3) is 3.53. The van der Waals surface area contributed by atoms with Crippen molar-refractivity contribution in [1.82, 2.24) is 5.32 Å². The van der Waals surface area contributed by atoms with Gasteiger partial charge in [0.05, 0.1) is 6.61 Å². The van der Waals surface area contributed by atoms with Gasteiger partial charge in [-0.1, -0.05) is 0 Å². The maximum absolute atomic E-state index is 13.2. The number of nitrogens with one attached hydrogen (secondary N) is 1. The average molecular weight is 323 g/mol. The van der Waals surface area contributed by atoms with Gasteiger partial charge in [-0.2, -0.15) is 13.2 Å². The van der Waals surface area contributed by atoms with E-state index in [1.165, 1.54) is 12.2 Å². The number of methoxy groups -OCH3 is 1. The lowest BCUT2D eigenvalue weighted by Crippen LogP contribution is -2.65. The maximum atomic E-state index is 13.2. The Morgan fingerprint density at radius 3 is 2.14 bits per heavy atom. The van der Waals surface area contributed by atoms with Gasteiger partial charge < -0.3 is 14.8 Å². The zero-order chi connectivity index (χ0) is 17.0. The Bertz CT molecular complexity index is 544. The third-order valence-electron chi connectivity index (χ3n) is 2.66. The van der Waals surface area contributed by atoms with E-state index in [0.717, 1.165) is 24.3 Å². The smallest absolute Gasteiger partial charge is 0.448 e. The van der Waals surface area contributed by atoms with Crippen molar-refractivity contribution in [1.29, 1.82) is 0 Å². The molecule has 0 spiro atoms. The number of hydrogen-bond acceptors (Lipinski definition) is 4. The van der Waals surface area contributed by atoms with Gasteiger partial charge in [0.25, 0.3) is 5.91 Å². The zero-order valence-electron chi connectivity index (χ0n) is 11.7. The van der Waals surface area contributed by atoms with E-state index < -0.39 is 29.6 Å². The molecule has 1 aromatic rings. The molecule has 1 amide bonds. The summed E-state index contributed by atoms with van der Waals surface area (Å²) in [7, 11) is 0.606. The Morgan fingerprint density at radius 1 is 1.18 bits per heavy atom. The number of carbonyl (C=O) groups is 2. The van der Waals surface area contributed by atoms with E-state index in [1.54, 1.807) is 0 Å². The number of amides is 1. The van der Waals surface area contributed by atoms with Crippen LogP contribution in [0.4, 0.5) is 17.6 Å². The third-order valence-corrected chi connectivity index (χ3v) is 2.66. The van der Waals surface area contributed by atoms with E-state index in [-0.39, 0.29) is 12.2 Å². The Labute approximate surface area is 123 Å². The van der Waals surface area contributed by atoms with Crippen molar-refractivity contribution in [2.24, 2.45) is 0 Å². The highest BCUT2D eigenvalue weighted by atomic mass is 19.4. The fourth-order valence-electron chi connectivity index (χ4n) is 1.55. The molecule has 0 bridgehead atoms. The molecule has 122 valence electrons. The van der Waals surface area contributed by atoms with Crippen molar-refractivity contribution in [2.75, 3.05) is 13.7 Å². The van der Waals surface area contributed by atoms with E-state index in [1.807, 2.05) is 0 Å². The average Bonchev–Trinajstić information content (AvgIpc) is 2.44. The molecule has 1 atom stereocenters. The normalized spacial score (nSPS) is 14.1. The fourth-order valence-corrected chi connectivity index (χ4v) is 1.55. The molecule has 0 fully saturated rings. The monoisotopic (exact) mass is 323 g/mol. The molecule has 0 saturated carbocycles. The van der Waals surface area contributed by atoms with Crippen LogP contribution in [0.2, 0.25) is 0 Å². The molecular formula is C13H13F4NO4. The molecule has 0 aliphatic rings. The maximum Gasteiger partial charge on any atom is 0.448 e. The summed E-state index contributed by atoms with van der Waals surface area (Å²) in [5.74, 6) is -3.75. The second-order valence-electron chi connectivity index (χ2n) is 4.06. The van der Waals surface area contributed by atoms with E-state index in [9.17, 15) is 27.2 Å². The predicted octanol–water partition coefficient (Wildman–Crippen LogP) is 2.02. The molecule has 0 aliphatic heterocycles. The van der Waals surface area contributed by atoms with Gasteiger partial charge in [-0.05, 0) is 31.2 Å². The quantitative estimate of drug-likeness (QED) is 0.511. The van der Waals surface area contributed by atoms with Gasteiger partial charge in [-0.15, -0.1) is 0 Å². The Hall–Kier alpha value is -2.16. The number of rotatable bonds is 5. The molecule has 0 saturated heterocycles. The van der Waals surface area contributed by atoms with Crippen LogP contribution in [0.15, 0.2) is 24.3 Å². The summed E-state index contributed by atoms with van der Waals surface area (Å²) in [6.07, 6.45) is -5.26. The predicted molar refractivity (Wildman–Crippen MR) is 66.3 cm³/mol. The molecule has 1 rings (SSSR count). The summed E-state index contributed by atoms with van der Waals surface area (Å²) in [5.41, 5.74) is -3.93. The molecule has 0 radical (unpaired) electrons. The number of hydrogen-bond donors (Lipinski definition) is 1. The fraction of sp³-hybridized carbons (Fsp3) is 0.385. The van der Waals surface area contributed by atoms with Crippen LogP contribution in [0.25, 0.3) is 0 Å². The SMILES string of the molecule is CCOC(=O)[C@](NC(=O)c1ccc(F)cc1)(OC)C(F)(F)F. The van der Waals surface area contributed by atoms with Crippen LogP contribution in [0.5, 0.6) is 0 Å². The van der Waals surface area contributed by atoms with Crippen LogP contribution in [-0.4, -0.2) is 37.5 Å². The molecule has 1 N–H and O–H groups in total. The first-order valence-electron chi connectivity index (χ1n) is 6.05. The van der Waals surface area contributed by atoms with E-state index >= 15 is 0 Å². The Balaban J connectivity index is 3.15. The highest BCUT2D eigenvalue weighted by molar-refractivity contribution is 5.98. The number of esters is 1. The highest BCUT2D eigenvalue weighted by Gasteiger charge is 2.64. The van der Waals surface area contributed by atoms with Gasteiger partial charge in [0.1, 0.15) is 5.82 Å². The summed E-state index contributed by atoms with van der Waals surface area (Å²) in [4.78, 5) is 23.5. The minimum atomic E-state index is -5.26. The largest absolute Gasteiger partial charge is 0.462 e. The molecule has 5 nitrogen and oxygen atoms in total. The van der Waals surface area contributed by atoms with Crippen LogP contribution in [0.1, 0.15) is 17.3 Å². The second-order valence-corrected chi connectivity index (χ2v) is 4.06. The van der Waals surface area contributed by atoms with E-state index in [2.05, 4.69) is 9.47 Å². The van der Waals surface area contributed by atoms with Gasteiger partial charge in [-0.25, -0.2) is 9.18 Å². The van der Waals surface area contributed by atoms with Crippen molar-refractivity contribution in [3.8, 4) is 0 Å². The lowest BCUT2D eigenvalue weighted by atomic mass is 10.1. The van der Waals surface area contributed by atoms with Crippen molar-refractivity contribution >= 4 is 11.9 Å². The van der Waals surface area contributed by atoms with Crippen LogP contribution in [0, 0.1) is 5.82 Å². The van der Waals surface area contributed by atoms with Gasteiger partial charge in [-0.3, -0.25) is 4.79 Å². The second kappa shape index (κ2) is 6.73. The van der Waals surface area contributed by atoms with Gasteiger partial charge in [0.2, 0.25) is 0 Å². The van der Waals surface area contributed by atoms with Crippen molar-refractivity contribution in [2.45, 2.75) is 18.8 Å². The summed E-state index contributed by atoms with van der Waals surface area (Å²) < 4.78 is 60.9. The Morgan fingerprint density at radius 2 is 1.73 bits per heavy atom. The zero-order valence-corrected chi connectivity index (χ0v) is 11.7. The molecular weight excluding hydrogens is 310 g/mol. The van der Waals surface area contributed by atoms with Crippen LogP contribution >= 0.6 is 0 Å². The molecule has 0 aromatic heterocycles. The molecule has 22 heavy (non-hydrogen) atoms. The summed E-state index contributed by atoms with van der Waals surface area (Å²) >= 11 is 0. The first kappa shape index (κ1) is 17.9. The topological polar surface area (TPSA) is 64.6 Å². The molecule has 0 heterocycles. The minimum absolute atomic E-state index is 0.281. The lowest BCUT2D eigenvalue weighted by molar-refractivity contribution is -0.277. The number of alkyl halides is 3. The van der Waals surface area contributed by atoms with Crippen LogP contribution in [-0.2, 0) is 14.3 Å². The van der Waals surface area contributed by atoms with Crippen LogP contribution in [0.3, 0.4) is 0 Å². The van der Waals surface area contributed by atoms with Crippen molar-refractivity contribution in [3.05, 3.63) is 35.6 Å². The number of halogens is 4. The lowest BCUT2D eigenvalue weighted by Gasteiger charge is -2.32. The molecule has 9 heteroatoms. The summed E-state index contributed by atoms with van der Waals surface area (Å²) in [5, 5.41) is 1.46. The van der Waals surface area contributed by atoms with Gasteiger partial charge >= 0.3 is 17.9 Å². The van der Waals surface area contributed by atoms with E-state index in [0.29, 0.717) is 7.11 Å². The van der Waals surface area contributed by atoms with Gasteiger partial charge in [0.15, 0.2) is 0 Å². The van der Waals surface area contributed by atoms with Crippen molar-refractivity contribution in [3.63, 3.8) is 0 Å². The molecule has 0 unspecified atom stereocenters. The minimum Gasteiger partial charge on any atom is -0.462 e.